The molecule has 4 heterocycles. The second-order valence-corrected chi connectivity index (χ2v) is 12.8. The van der Waals surface area contributed by atoms with Gasteiger partial charge in [-0.25, -0.2) is 4.98 Å². The molecule has 0 aliphatic carbocycles. The molecule has 4 atom stereocenters. The van der Waals surface area contributed by atoms with Crippen LogP contribution in [0.5, 0.6) is 0 Å². The summed E-state index contributed by atoms with van der Waals surface area (Å²) in [5.74, 6) is -0.797. The number of amides is 2. The number of carbonyl (C=O) groups is 3. The number of nitrogens with zero attached hydrogens (tertiary/aromatic N) is 4. The fraction of sp³-hybridized carbons (Fsp3) is 0.600. The third kappa shape index (κ3) is 6.23. The number of ether oxygens (including phenoxy) is 2. The maximum Gasteiger partial charge on any atom is 0.251 e. The maximum absolute atomic E-state index is 13.8. The van der Waals surface area contributed by atoms with Crippen LogP contribution < -0.4 is 16.0 Å². The Bertz CT molecular complexity index is 1280. The van der Waals surface area contributed by atoms with E-state index in [-0.39, 0.29) is 30.7 Å². The van der Waals surface area contributed by atoms with Crippen LogP contribution in [-0.4, -0.2) is 116 Å². The number of anilines is 1. The topological polar surface area (TPSA) is 130 Å². The average molecular weight is 599 g/mol. The zero-order valence-electron chi connectivity index (χ0n) is 24.9. The van der Waals surface area contributed by atoms with Crippen LogP contribution in [-0.2, 0) is 19.1 Å². The minimum absolute atomic E-state index is 0.0423. The highest BCUT2D eigenvalue weighted by molar-refractivity contribution is 7.14. The van der Waals surface area contributed by atoms with Crippen molar-refractivity contribution in [3.8, 4) is 11.3 Å². The van der Waals surface area contributed by atoms with Crippen molar-refractivity contribution >= 4 is 34.1 Å². The van der Waals surface area contributed by atoms with Gasteiger partial charge in [0.15, 0.2) is 10.9 Å². The summed E-state index contributed by atoms with van der Waals surface area (Å²) in [6, 6.07) is 5.33. The van der Waals surface area contributed by atoms with Crippen LogP contribution in [0, 0.1) is 5.41 Å². The SMILES string of the molecule is CCC(C)(C)[C@H](NC(=O)c1ccc(-c2csc(N3CCN(CCOC)CC3)n2)cc1)C(=O)N1C[C@H](N)[C@@H]2OCC(=O)[C@H]21. The first kappa shape index (κ1) is 30.6. The Kier molecular flexibility index (Phi) is 9.28. The van der Waals surface area contributed by atoms with Gasteiger partial charge in [-0.1, -0.05) is 32.9 Å². The zero-order valence-corrected chi connectivity index (χ0v) is 25.7. The number of carbonyl (C=O) groups excluding carboxylic acids is 3. The van der Waals surface area contributed by atoms with Gasteiger partial charge in [0, 0.05) is 62.9 Å². The summed E-state index contributed by atoms with van der Waals surface area (Å²) in [4.78, 5) is 50.8. The van der Waals surface area contributed by atoms with E-state index in [0.717, 1.165) is 55.7 Å². The van der Waals surface area contributed by atoms with Crippen molar-refractivity contribution in [1.29, 1.82) is 0 Å². The number of thiazole rings is 1. The minimum Gasteiger partial charge on any atom is -0.383 e. The lowest BCUT2D eigenvalue weighted by atomic mass is 9.80. The second kappa shape index (κ2) is 12.8. The van der Waals surface area contributed by atoms with E-state index in [1.54, 1.807) is 30.6 Å². The summed E-state index contributed by atoms with van der Waals surface area (Å²) in [6.07, 6.45) is 0.155. The molecule has 42 heavy (non-hydrogen) atoms. The van der Waals surface area contributed by atoms with E-state index < -0.39 is 29.6 Å². The lowest BCUT2D eigenvalue weighted by Crippen LogP contribution is -2.57. The smallest absolute Gasteiger partial charge is 0.251 e. The van der Waals surface area contributed by atoms with E-state index in [1.165, 1.54) is 4.90 Å². The van der Waals surface area contributed by atoms with Gasteiger partial charge in [-0.3, -0.25) is 19.3 Å². The monoisotopic (exact) mass is 598 g/mol. The Balaban J connectivity index is 1.25. The van der Waals surface area contributed by atoms with E-state index in [9.17, 15) is 14.4 Å². The van der Waals surface area contributed by atoms with Crippen LogP contribution in [0.1, 0.15) is 37.6 Å². The summed E-state index contributed by atoms with van der Waals surface area (Å²) in [5, 5.41) is 6.02. The quantitative estimate of drug-likeness (QED) is 0.419. The largest absolute Gasteiger partial charge is 0.383 e. The summed E-state index contributed by atoms with van der Waals surface area (Å²) >= 11 is 1.62. The Hall–Kier alpha value is -2.90. The predicted molar refractivity (Wildman–Crippen MR) is 162 cm³/mol. The number of ketones is 1. The molecule has 2 aromatic rings. The highest BCUT2D eigenvalue weighted by Gasteiger charge is 2.53. The molecule has 3 N–H and O–H groups in total. The molecule has 0 radical (unpaired) electrons. The number of methoxy groups -OCH3 is 1. The Morgan fingerprint density at radius 1 is 1.21 bits per heavy atom. The number of aromatic nitrogens is 1. The first-order valence-corrected chi connectivity index (χ1v) is 15.5. The summed E-state index contributed by atoms with van der Waals surface area (Å²) in [5.41, 5.74) is 7.89. The number of rotatable bonds is 10. The van der Waals surface area contributed by atoms with Gasteiger partial charge in [0.2, 0.25) is 5.91 Å². The molecule has 12 heteroatoms. The number of likely N-dealkylation sites (tertiary alicyclic amines) is 1. The number of nitrogens with one attached hydrogen (secondary N) is 1. The van der Waals surface area contributed by atoms with Gasteiger partial charge in [-0.05, 0) is 24.0 Å². The summed E-state index contributed by atoms with van der Waals surface area (Å²) < 4.78 is 10.8. The summed E-state index contributed by atoms with van der Waals surface area (Å²) in [7, 11) is 1.73. The van der Waals surface area contributed by atoms with E-state index in [4.69, 9.17) is 20.2 Å². The van der Waals surface area contributed by atoms with E-state index in [0.29, 0.717) is 12.0 Å². The van der Waals surface area contributed by atoms with Crippen LogP contribution >= 0.6 is 11.3 Å². The Morgan fingerprint density at radius 2 is 1.93 bits per heavy atom. The summed E-state index contributed by atoms with van der Waals surface area (Å²) in [6.45, 7) is 11.6. The molecule has 0 saturated carbocycles. The molecule has 0 unspecified atom stereocenters. The number of piperazine rings is 1. The van der Waals surface area contributed by atoms with Crippen molar-refractivity contribution < 1.29 is 23.9 Å². The second-order valence-electron chi connectivity index (χ2n) is 12.0. The highest BCUT2D eigenvalue weighted by Crippen LogP contribution is 2.33. The van der Waals surface area contributed by atoms with Crippen molar-refractivity contribution in [1.82, 2.24) is 20.1 Å². The normalized spacial score (nSPS) is 23.7. The van der Waals surface area contributed by atoms with Gasteiger partial charge in [-0.2, -0.15) is 0 Å². The van der Waals surface area contributed by atoms with Gasteiger partial charge < -0.3 is 30.3 Å². The van der Waals surface area contributed by atoms with Crippen LogP contribution in [0.3, 0.4) is 0 Å². The molecule has 3 fully saturated rings. The van der Waals surface area contributed by atoms with Crippen molar-refractivity contribution in [2.45, 2.75) is 51.4 Å². The number of Topliss-reactive ketones (excluding diaryl/α,β-unsaturated/α-hetero) is 1. The first-order valence-electron chi connectivity index (χ1n) is 14.7. The van der Waals surface area contributed by atoms with Crippen LogP contribution in [0.2, 0.25) is 0 Å². The fourth-order valence-electron chi connectivity index (χ4n) is 5.81. The molecule has 0 bridgehead atoms. The number of fused-ring (bicyclic) bond motifs is 1. The standard InChI is InChI=1S/C30H42N6O5S/c1-5-30(2,3)26(28(39)36-16-21(31)25-24(36)23(37)17-41-25)33-27(38)20-8-6-19(7-9-20)22-18-42-29(32-22)35-12-10-34(11-13-35)14-15-40-4/h6-9,18,21,24-26H,5,10-17,31H2,1-4H3,(H,33,38)/t21-,24+,25-,26+/m0/s1. The van der Waals surface area contributed by atoms with Gasteiger partial charge >= 0.3 is 0 Å². The molecule has 5 rings (SSSR count). The molecule has 1 aromatic carbocycles. The molecule has 228 valence electrons. The number of nitrogens with two attached hydrogens (primary N) is 1. The van der Waals surface area contributed by atoms with Gasteiger partial charge in [0.25, 0.3) is 5.91 Å². The molecular weight excluding hydrogens is 556 g/mol. The number of benzene rings is 1. The van der Waals surface area contributed by atoms with Crippen molar-refractivity contribution in [3.63, 3.8) is 0 Å². The third-order valence-electron chi connectivity index (χ3n) is 8.91. The molecule has 0 spiro atoms. The Morgan fingerprint density at radius 3 is 2.60 bits per heavy atom. The van der Waals surface area contributed by atoms with E-state index in [1.807, 2.05) is 38.3 Å². The van der Waals surface area contributed by atoms with Gasteiger partial charge in [0.1, 0.15) is 24.8 Å². The molecule has 1 aromatic heterocycles. The van der Waals surface area contributed by atoms with Crippen LogP contribution in [0.4, 0.5) is 5.13 Å². The predicted octanol–water partition coefficient (Wildman–Crippen LogP) is 1.62. The van der Waals surface area contributed by atoms with Crippen LogP contribution in [0.15, 0.2) is 29.6 Å². The molecule has 3 saturated heterocycles. The lowest BCUT2D eigenvalue weighted by molar-refractivity contribution is -0.140. The van der Waals surface area contributed by atoms with Crippen LogP contribution in [0.25, 0.3) is 11.3 Å². The molecular formula is C30H42N6O5S. The maximum atomic E-state index is 13.8. The highest BCUT2D eigenvalue weighted by atomic mass is 32.1. The molecule has 3 aliphatic heterocycles. The molecule has 3 aliphatic rings. The average Bonchev–Trinajstić information content (AvgIpc) is 3.72. The van der Waals surface area contributed by atoms with Gasteiger partial charge in [0.05, 0.1) is 18.3 Å². The number of hydrogen-bond donors (Lipinski definition) is 2. The lowest BCUT2D eigenvalue weighted by Gasteiger charge is -2.36. The number of hydrogen-bond acceptors (Lipinski definition) is 10. The first-order chi connectivity index (χ1) is 20.1. The Labute approximate surface area is 251 Å². The van der Waals surface area contributed by atoms with Crippen molar-refractivity contribution in [2.24, 2.45) is 11.1 Å². The fourth-order valence-corrected chi connectivity index (χ4v) is 6.70. The van der Waals surface area contributed by atoms with Gasteiger partial charge in [-0.15, -0.1) is 11.3 Å². The minimum atomic E-state index is -0.829. The molecule has 11 nitrogen and oxygen atoms in total. The van der Waals surface area contributed by atoms with Crippen molar-refractivity contribution in [3.05, 3.63) is 35.2 Å². The molecule has 2 amide bonds. The van der Waals surface area contributed by atoms with Crippen molar-refractivity contribution in [2.75, 3.05) is 64.5 Å². The zero-order chi connectivity index (χ0) is 30.0. The van der Waals surface area contributed by atoms with E-state index in [2.05, 4.69) is 15.1 Å². The van der Waals surface area contributed by atoms with E-state index >= 15 is 0 Å². The third-order valence-corrected chi connectivity index (χ3v) is 9.81.